The van der Waals surface area contributed by atoms with Crippen LogP contribution in [-0.2, 0) is 9.59 Å². The third kappa shape index (κ3) is 5.31. The summed E-state index contributed by atoms with van der Waals surface area (Å²) in [6.07, 6.45) is 1.47. The SMILES string of the molecule is O=C(COc1ccc(Cl)cc1)NN1C(=O)/C(=C\c2cccc([N+](=O)[O-])c2)SC1=S. The number of nitro groups is 1. The van der Waals surface area contributed by atoms with Crippen LogP contribution in [0.2, 0.25) is 5.02 Å². The van der Waals surface area contributed by atoms with Gasteiger partial charge in [0.25, 0.3) is 17.5 Å². The van der Waals surface area contributed by atoms with Crippen molar-refractivity contribution in [3.8, 4) is 5.75 Å². The Labute approximate surface area is 179 Å². The maximum atomic E-state index is 12.5. The van der Waals surface area contributed by atoms with Gasteiger partial charge in [-0.3, -0.25) is 25.1 Å². The number of carbonyl (C=O) groups excluding carboxylic acids is 2. The zero-order chi connectivity index (χ0) is 21.0. The Hall–Kier alpha value is -2.95. The quantitative estimate of drug-likeness (QED) is 0.311. The third-order valence-corrected chi connectivity index (χ3v) is 5.15. The zero-order valence-electron chi connectivity index (χ0n) is 14.5. The normalized spacial score (nSPS) is 14.9. The fourth-order valence-electron chi connectivity index (χ4n) is 2.28. The number of rotatable bonds is 6. The fourth-order valence-corrected chi connectivity index (χ4v) is 3.59. The number of thioether (sulfide) groups is 1. The maximum absolute atomic E-state index is 12.5. The molecule has 0 spiro atoms. The van der Waals surface area contributed by atoms with Gasteiger partial charge in [0.2, 0.25) is 0 Å². The fraction of sp³-hybridized carbons (Fsp3) is 0.0556. The molecule has 0 saturated carbocycles. The molecule has 0 aromatic heterocycles. The van der Waals surface area contributed by atoms with Crippen LogP contribution < -0.4 is 10.2 Å². The van der Waals surface area contributed by atoms with Gasteiger partial charge in [-0.2, -0.15) is 5.01 Å². The van der Waals surface area contributed by atoms with E-state index in [1.165, 1.54) is 24.3 Å². The first-order valence-electron chi connectivity index (χ1n) is 8.04. The van der Waals surface area contributed by atoms with Gasteiger partial charge in [-0.15, -0.1) is 0 Å². The Balaban J connectivity index is 1.64. The molecule has 148 valence electrons. The average Bonchev–Trinajstić information content (AvgIpc) is 2.95. The molecule has 0 bridgehead atoms. The molecule has 1 aliphatic rings. The first-order valence-corrected chi connectivity index (χ1v) is 9.64. The highest BCUT2D eigenvalue weighted by atomic mass is 35.5. The lowest BCUT2D eigenvalue weighted by Gasteiger charge is -2.15. The van der Waals surface area contributed by atoms with Crippen molar-refractivity contribution in [2.45, 2.75) is 0 Å². The molecule has 11 heteroatoms. The Morgan fingerprint density at radius 3 is 2.72 bits per heavy atom. The van der Waals surface area contributed by atoms with Crippen LogP contribution in [0.3, 0.4) is 0 Å². The molecule has 0 radical (unpaired) electrons. The molecule has 1 aliphatic heterocycles. The van der Waals surface area contributed by atoms with E-state index in [1.54, 1.807) is 30.3 Å². The summed E-state index contributed by atoms with van der Waals surface area (Å²) < 4.78 is 5.46. The van der Waals surface area contributed by atoms with Crippen molar-refractivity contribution in [2.75, 3.05) is 6.61 Å². The van der Waals surface area contributed by atoms with E-state index in [0.29, 0.717) is 16.3 Å². The van der Waals surface area contributed by atoms with E-state index < -0.39 is 16.7 Å². The molecule has 1 fully saturated rings. The molecule has 2 aromatic rings. The number of halogens is 1. The van der Waals surface area contributed by atoms with E-state index in [1.807, 2.05) is 0 Å². The van der Waals surface area contributed by atoms with Crippen molar-refractivity contribution in [1.29, 1.82) is 0 Å². The lowest BCUT2D eigenvalue weighted by Crippen LogP contribution is -2.46. The van der Waals surface area contributed by atoms with Crippen molar-refractivity contribution in [1.82, 2.24) is 10.4 Å². The smallest absolute Gasteiger partial charge is 0.285 e. The van der Waals surface area contributed by atoms with E-state index in [0.717, 1.165) is 16.8 Å². The molecule has 0 aliphatic carbocycles. The standard InChI is InChI=1S/C18H12ClN3O5S2/c19-12-4-6-14(7-5-12)27-10-16(23)20-21-17(24)15(29-18(21)28)9-11-2-1-3-13(8-11)22(25)26/h1-9H,10H2,(H,20,23)/b15-9+. The molecule has 0 unspecified atom stereocenters. The highest BCUT2D eigenvalue weighted by Crippen LogP contribution is 2.31. The van der Waals surface area contributed by atoms with Gasteiger partial charge in [-0.1, -0.05) is 35.5 Å². The summed E-state index contributed by atoms with van der Waals surface area (Å²) in [5.41, 5.74) is 2.76. The third-order valence-electron chi connectivity index (χ3n) is 3.59. The Morgan fingerprint density at radius 1 is 1.31 bits per heavy atom. The van der Waals surface area contributed by atoms with Crippen LogP contribution >= 0.6 is 35.6 Å². The van der Waals surface area contributed by atoms with Gasteiger partial charge in [0.05, 0.1) is 9.83 Å². The number of ether oxygens (including phenoxy) is 1. The van der Waals surface area contributed by atoms with Crippen LogP contribution in [0.4, 0.5) is 5.69 Å². The predicted molar refractivity (Wildman–Crippen MR) is 113 cm³/mol. The molecule has 8 nitrogen and oxygen atoms in total. The van der Waals surface area contributed by atoms with Gasteiger partial charge in [0, 0.05) is 17.2 Å². The van der Waals surface area contributed by atoms with Crippen molar-refractivity contribution in [2.24, 2.45) is 0 Å². The molecule has 2 amide bonds. The van der Waals surface area contributed by atoms with Gasteiger partial charge in [-0.25, -0.2) is 0 Å². The molecule has 1 saturated heterocycles. The highest BCUT2D eigenvalue weighted by Gasteiger charge is 2.33. The minimum atomic E-state index is -0.576. The highest BCUT2D eigenvalue weighted by molar-refractivity contribution is 8.26. The second-order valence-corrected chi connectivity index (χ2v) is 7.76. The minimum Gasteiger partial charge on any atom is -0.484 e. The maximum Gasteiger partial charge on any atom is 0.285 e. The summed E-state index contributed by atoms with van der Waals surface area (Å²) in [4.78, 5) is 35.2. The Morgan fingerprint density at radius 2 is 2.03 bits per heavy atom. The number of hydrazine groups is 1. The summed E-state index contributed by atoms with van der Waals surface area (Å²) in [5, 5.41) is 12.4. The van der Waals surface area contributed by atoms with E-state index >= 15 is 0 Å². The summed E-state index contributed by atoms with van der Waals surface area (Å²) in [5.74, 6) is -0.667. The van der Waals surface area contributed by atoms with Crippen LogP contribution in [-0.4, -0.2) is 32.7 Å². The van der Waals surface area contributed by atoms with Crippen LogP contribution in [0.5, 0.6) is 5.75 Å². The largest absolute Gasteiger partial charge is 0.484 e. The van der Waals surface area contributed by atoms with E-state index in [2.05, 4.69) is 5.43 Å². The van der Waals surface area contributed by atoms with E-state index in [-0.39, 0.29) is 21.5 Å². The second kappa shape index (κ2) is 9.03. The Kier molecular flexibility index (Phi) is 6.47. The summed E-state index contributed by atoms with van der Waals surface area (Å²) >= 11 is 11.9. The summed E-state index contributed by atoms with van der Waals surface area (Å²) in [6, 6.07) is 12.3. The first kappa shape index (κ1) is 20.8. The number of nitrogens with one attached hydrogen (secondary N) is 1. The predicted octanol–water partition coefficient (Wildman–Crippen LogP) is 3.56. The van der Waals surface area contributed by atoms with Crippen molar-refractivity contribution in [3.05, 3.63) is 74.1 Å². The molecule has 0 atom stereocenters. The number of hydrogen-bond acceptors (Lipinski definition) is 7. The Bertz CT molecular complexity index is 1030. The number of hydrogen-bond donors (Lipinski definition) is 1. The van der Waals surface area contributed by atoms with Crippen LogP contribution in [0.1, 0.15) is 5.56 Å². The number of thiocarbonyl (C=S) groups is 1. The monoisotopic (exact) mass is 449 g/mol. The number of amides is 2. The summed E-state index contributed by atoms with van der Waals surface area (Å²) in [7, 11) is 0. The molecule has 1 heterocycles. The lowest BCUT2D eigenvalue weighted by molar-refractivity contribution is -0.384. The second-order valence-electron chi connectivity index (χ2n) is 5.65. The zero-order valence-corrected chi connectivity index (χ0v) is 16.9. The van der Waals surface area contributed by atoms with Crippen molar-refractivity contribution >= 4 is 63.5 Å². The molecular weight excluding hydrogens is 438 g/mol. The topological polar surface area (TPSA) is 102 Å². The lowest BCUT2D eigenvalue weighted by atomic mass is 10.2. The summed E-state index contributed by atoms with van der Waals surface area (Å²) in [6.45, 7) is -0.331. The molecule has 3 rings (SSSR count). The molecular formula is C18H12ClN3O5S2. The molecule has 1 N–H and O–H groups in total. The van der Waals surface area contributed by atoms with Crippen LogP contribution in [0.25, 0.3) is 6.08 Å². The number of benzene rings is 2. The van der Waals surface area contributed by atoms with Crippen LogP contribution in [0.15, 0.2) is 53.4 Å². The van der Waals surface area contributed by atoms with Gasteiger partial charge in [-0.05, 0) is 48.1 Å². The molecule has 29 heavy (non-hydrogen) atoms. The van der Waals surface area contributed by atoms with Gasteiger partial charge in [0.15, 0.2) is 10.9 Å². The number of carbonyl (C=O) groups is 2. The minimum absolute atomic E-state index is 0.0955. The van der Waals surface area contributed by atoms with Crippen molar-refractivity contribution < 1.29 is 19.2 Å². The van der Waals surface area contributed by atoms with Gasteiger partial charge >= 0.3 is 0 Å². The van der Waals surface area contributed by atoms with E-state index in [9.17, 15) is 19.7 Å². The number of nitro benzene ring substituents is 1. The van der Waals surface area contributed by atoms with Gasteiger partial charge < -0.3 is 4.74 Å². The van der Waals surface area contributed by atoms with Gasteiger partial charge in [0.1, 0.15) is 5.75 Å². The van der Waals surface area contributed by atoms with E-state index in [4.69, 9.17) is 28.6 Å². The molecule has 2 aromatic carbocycles. The van der Waals surface area contributed by atoms with Crippen molar-refractivity contribution in [3.63, 3.8) is 0 Å². The van der Waals surface area contributed by atoms with Crippen LogP contribution in [0, 0.1) is 10.1 Å². The number of non-ortho nitro benzene ring substituents is 1. The first-order chi connectivity index (χ1) is 13.8. The number of nitrogens with zero attached hydrogens (tertiary/aromatic N) is 2. The average molecular weight is 450 g/mol.